The first kappa shape index (κ1) is 22.8. The highest BCUT2D eigenvalue weighted by molar-refractivity contribution is 5.89. The smallest absolute Gasteiger partial charge is 0.338 e. The maximum Gasteiger partial charge on any atom is 0.338 e. The molecule has 7 fully saturated rings. The molecule has 5 N–H and O–H groups in total. The average Bonchev–Trinajstić information content (AvgIpc) is 3.07. The normalized spacial score (nSPS) is 52.5. The Bertz CT molecular complexity index is 973. The minimum Gasteiger partial charge on any atom is -0.462 e. The van der Waals surface area contributed by atoms with Gasteiger partial charge in [0, 0.05) is 18.3 Å². The number of hydrogen-bond acceptors (Lipinski definition) is 11. The van der Waals surface area contributed by atoms with Crippen LogP contribution in [0.5, 0.6) is 0 Å². The lowest BCUT2D eigenvalue weighted by atomic mass is 9.43. The molecular formula is C23H28O11. The second kappa shape index (κ2) is 7.42. The van der Waals surface area contributed by atoms with Crippen LogP contribution in [-0.4, -0.2) is 98.7 Å². The second-order valence-electron chi connectivity index (χ2n) is 10.1. The van der Waals surface area contributed by atoms with Crippen molar-refractivity contribution in [2.45, 2.75) is 67.3 Å². The van der Waals surface area contributed by atoms with Gasteiger partial charge in [0.1, 0.15) is 35.6 Å². The Balaban J connectivity index is 1.30. The van der Waals surface area contributed by atoms with Gasteiger partial charge < -0.3 is 49.2 Å². The first-order valence-corrected chi connectivity index (χ1v) is 11.4. The quantitative estimate of drug-likeness (QED) is 0.301. The topological polar surface area (TPSA) is 164 Å². The summed E-state index contributed by atoms with van der Waals surface area (Å²) in [5.41, 5.74) is -1.86. The van der Waals surface area contributed by atoms with E-state index in [-0.39, 0.29) is 13.0 Å². The summed E-state index contributed by atoms with van der Waals surface area (Å²) in [4.78, 5) is 12.6. The van der Waals surface area contributed by atoms with Gasteiger partial charge >= 0.3 is 5.97 Å². The van der Waals surface area contributed by atoms with E-state index < -0.39 is 84.3 Å². The van der Waals surface area contributed by atoms with E-state index in [0.717, 1.165) is 0 Å². The van der Waals surface area contributed by atoms with E-state index >= 15 is 0 Å². The molecule has 12 atom stereocenters. The van der Waals surface area contributed by atoms with E-state index in [1.807, 2.05) is 0 Å². The molecule has 1 aromatic rings. The molecule has 0 radical (unpaired) electrons. The van der Waals surface area contributed by atoms with Crippen molar-refractivity contribution >= 4 is 5.97 Å². The number of hydrogen-bond donors (Lipinski definition) is 5. The van der Waals surface area contributed by atoms with Gasteiger partial charge in [-0.25, -0.2) is 4.79 Å². The monoisotopic (exact) mass is 480 g/mol. The minimum atomic E-state index is -1.61. The van der Waals surface area contributed by atoms with Gasteiger partial charge in [-0.3, -0.25) is 0 Å². The molecule has 11 nitrogen and oxygen atoms in total. The molecule has 0 aromatic heterocycles. The number of rotatable bonds is 6. The molecule has 0 unspecified atom stereocenters. The van der Waals surface area contributed by atoms with Gasteiger partial charge in [-0.2, -0.15) is 0 Å². The number of carbonyl (C=O) groups excluding carboxylic acids is 1. The third-order valence-corrected chi connectivity index (χ3v) is 8.36. The van der Waals surface area contributed by atoms with Crippen molar-refractivity contribution in [2.24, 2.45) is 17.8 Å². The minimum absolute atomic E-state index is 0.0955. The zero-order valence-corrected chi connectivity index (χ0v) is 18.4. The molecule has 3 aliphatic carbocycles. The molecule has 4 heterocycles. The molecule has 11 heteroatoms. The fourth-order valence-corrected chi connectivity index (χ4v) is 6.94. The van der Waals surface area contributed by atoms with Gasteiger partial charge in [-0.05, 0) is 19.1 Å². The van der Waals surface area contributed by atoms with Crippen LogP contribution in [-0.2, 0) is 23.7 Å². The van der Waals surface area contributed by atoms with E-state index in [1.54, 1.807) is 37.3 Å². The number of esters is 1. The van der Waals surface area contributed by atoms with Gasteiger partial charge in [0.05, 0.1) is 24.7 Å². The van der Waals surface area contributed by atoms with Gasteiger partial charge in [-0.15, -0.1) is 0 Å². The van der Waals surface area contributed by atoms with E-state index in [0.29, 0.717) is 5.56 Å². The molecule has 6 bridgehead atoms. The number of benzene rings is 1. The Morgan fingerprint density at radius 3 is 2.50 bits per heavy atom. The Kier molecular flexibility index (Phi) is 4.97. The fourth-order valence-electron chi connectivity index (χ4n) is 6.94. The van der Waals surface area contributed by atoms with Gasteiger partial charge in [0.2, 0.25) is 0 Å². The zero-order valence-electron chi connectivity index (χ0n) is 18.4. The van der Waals surface area contributed by atoms with Crippen molar-refractivity contribution in [2.75, 3.05) is 13.2 Å². The number of ether oxygens (including phenoxy) is 5. The second-order valence-corrected chi connectivity index (χ2v) is 10.1. The van der Waals surface area contributed by atoms with Crippen molar-refractivity contribution in [1.82, 2.24) is 0 Å². The van der Waals surface area contributed by atoms with Gasteiger partial charge in [0.15, 0.2) is 18.4 Å². The zero-order chi connectivity index (χ0) is 24.0. The third-order valence-electron chi connectivity index (χ3n) is 8.36. The number of carbonyl (C=O) groups is 1. The van der Waals surface area contributed by atoms with Crippen molar-refractivity contribution in [3.05, 3.63) is 35.9 Å². The summed E-state index contributed by atoms with van der Waals surface area (Å²) >= 11 is 0. The average molecular weight is 480 g/mol. The van der Waals surface area contributed by atoms with Crippen LogP contribution in [0.1, 0.15) is 23.7 Å². The SMILES string of the molecule is C[C@]12C[C@]3(O)O[C@@H](O1)[C@H]1[C@@H]3[C@H](COC(=O)c3ccccc3)[C@]12O[C@@H]1O[C@@H](CO)[C@H](O)[C@@H](O)[C@@H]1O. The molecule has 3 saturated carbocycles. The summed E-state index contributed by atoms with van der Waals surface area (Å²) < 4.78 is 29.5. The fraction of sp³-hybridized carbons (Fsp3) is 0.696. The van der Waals surface area contributed by atoms with Crippen LogP contribution in [0.4, 0.5) is 0 Å². The summed E-state index contributed by atoms with van der Waals surface area (Å²) in [5.74, 6) is -3.43. The Morgan fingerprint density at radius 1 is 1.09 bits per heavy atom. The Hall–Kier alpha value is -1.67. The molecule has 8 rings (SSSR count). The van der Waals surface area contributed by atoms with E-state index in [4.69, 9.17) is 23.7 Å². The summed E-state index contributed by atoms with van der Waals surface area (Å²) in [5, 5.41) is 51.7. The van der Waals surface area contributed by atoms with Crippen LogP contribution >= 0.6 is 0 Å². The van der Waals surface area contributed by atoms with E-state index in [1.165, 1.54) is 0 Å². The van der Waals surface area contributed by atoms with Crippen LogP contribution in [0.15, 0.2) is 30.3 Å². The van der Waals surface area contributed by atoms with E-state index in [2.05, 4.69) is 0 Å². The molecule has 4 saturated heterocycles. The van der Waals surface area contributed by atoms with E-state index in [9.17, 15) is 30.3 Å². The maximum atomic E-state index is 12.6. The first-order chi connectivity index (χ1) is 16.1. The highest BCUT2D eigenvalue weighted by atomic mass is 16.8. The third kappa shape index (κ3) is 2.75. The first-order valence-electron chi connectivity index (χ1n) is 11.4. The predicted molar refractivity (Wildman–Crippen MR) is 109 cm³/mol. The molecule has 4 aliphatic heterocycles. The van der Waals surface area contributed by atoms with Crippen LogP contribution < -0.4 is 0 Å². The van der Waals surface area contributed by atoms with Gasteiger partial charge in [0.25, 0.3) is 0 Å². The summed E-state index contributed by atoms with van der Waals surface area (Å²) in [7, 11) is 0. The largest absolute Gasteiger partial charge is 0.462 e. The van der Waals surface area contributed by atoms with Crippen LogP contribution in [0.3, 0.4) is 0 Å². The standard InChI is InChI=1S/C23H28O11/c1-21-9-22(29)13-11(8-30-18(28)10-5-3-2-4-6-10)23(21,14(13)19(32-21)33-22)34-20-17(27)16(26)15(25)12(7-24)31-20/h2-6,11-17,19-20,24-27,29H,7-9H2,1H3/t11-,12-,13-,14+,15-,16+,17-,19+,20-,21+,22-,23-/m0/s1. The number of aliphatic hydroxyl groups excluding tert-OH is 4. The van der Waals surface area contributed by atoms with Crippen LogP contribution in [0, 0.1) is 17.8 Å². The molecule has 1 aromatic carbocycles. The highest BCUT2D eigenvalue weighted by Crippen LogP contribution is 2.77. The molecular weight excluding hydrogens is 452 g/mol. The van der Waals surface area contributed by atoms with Crippen molar-refractivity contribution in [1.29, 1.82) is 0 Å². The molecule has 0 spiro atoms. The molecule has 7 aliphatic rings. The Morgan fingerprint density at radius 2 is 1.82 bits per heavy atom. The van der Waals surface area contributed by atoms with Crippen LogP contribution in [0.2, 0.25) is 0 Å². The van der Waals surface area contributed by atoms with Gasteiger partial charge in [-0.1, -0.05) is 18.2 Å². The predicted octanol–water partition coefficient (Wildman–Crippen LogP) is -1.50. The van der Waals surface area contributed by atoms with Crippen LogP contribution in [0.25, 0.3) is 0 Å². The summed E-state index contributed by atoms with van der Waals surface area (Å²) in [6.07, 6.45) is -7.95. The lowest BCUT2D eigenvalue weighted by Gasteiger charge is -2.67. The van der Waals surface area contributed by atoms with Crippen molar-refractivity contribution in [3.8, 4) is 0 Å². The molecule has 186 valence electrons. The highest BCUT2D eigenvalue weighted by Gasteiger charge is 2.91. The molecule has 34 heavy (non-hydrogen) atoms. The lowest BCUT2D eigenvalue weighted by molar-refractivity contribution is -0.433. The molecule has 0 amide bonds. The number of aliphatic hydroxyl groups is 5. The Labute approximate surface area is 194 Å². The van der Waals surface area contributed by atoms with Crippen molar-refractivity contribution < 1.29 is 54.0 Å². The lowest BCUT2D eigenvalue weighted by Crippen LogP contribution is -2.81. The summed E-state index contributed by atoms with van der Waals surface area (Å²) in [6.45, 7) is 1.06. The maximum absolute atomic E-state index is 12.6. The summed E-state index contributed by atoms with van der Waals surface area (Å²) in [6, 6.07) is 8.49. The van der Waals surface area contributed by atoms with Crippen molar-refractivity contribution in [3.63, 3.8) is 0 Å².